The lowest BCUT2D eigenvalue weighted by Gasteiger charge is -2.24. The lowest BCUT2D eigenvalue weighted by Crippen LogP contribution is -2.31. The summed E-state index contributed by atoms with van der Waals surface area (Å²) >= 11 is 2.34. The van der Waals surface area contributed by atoms with Gasteiger partial charge in [0.25, 0.3) is 0 Å². The Morgan fingerprint density at radius 1 is 1.00 bits per heavy atom. The standard InChI is InChI=1S/C18H22IN/c1-4-18(3,20)16-9-5-14(6-10-16)13(2)15-7-11-17(19)12-8-15/h5-13H,4,20H2,1-3H3. The van der Waals surface area contributed by atoms with Crippen LogP contribution >= 0.6 is 22.6 Å². The molecule has 0 bridgehead atoms. The van der Waals surface area contributed by atoms with E-state index in [0.717, 1.165) is 6.42 Å². The fourth-order valence-electron chi connectivity index (χ4n) is 2.30. The SMILES string of the molecule is CCC(C)(N)c1ccc(C(C)c2ccc(I)cc2)cc1. The average molecular weight is 379 g/mol. The van der Waals surface area contributed by atoms with Crippen LogP contribution in [0.15, 0.2) is 48.5 Å². The Kier molecular flexibility index (Phi) is 4.86. The zero-order valence-corrected chi connectivity index (χ0v) is 14.5. The molecule has 0 aliphatic rings. The molecular weight excluding hydrogens is 357 g/mol. The van der Waals surface area contributed by atoms with Crippen molar-refractivity contribution in [3.63, 3.8) is 0 Å². The van der Waals surface area contributed by atoms with Gasteiger partial charge in [-0.05, 0) is 64.8 Å². The smallest absolute Gasteiger partial charge is 0.0378 e. The second kappa shape index (κ2) is 6.27. The van der Waals surface area contributed by atoms with Crippen molar-refractivity contribution in [1.29, 1.82) is 0 Å². The van der Waals surface area contributed by atoms with Crippen LogP contribution in [0.4, 0.5) is 0 Å². The number of nitrogens with two attached hydrogens (primary N) is 1. The van der Waals surface area contributed by atoms with Crippen LogP contribution in [-0.2, 0) is 5.54 Å². The van der Waals surface area contributed by atoms with E-state index in [4.69, 9.17) is 5.73 Å². The first-order chi connectivity index (χ1) is 9.44. The number of hydrogen-bond donors (Lipinski definition) is 1. The molecule has 0 heterocycles. The van der Waals surface area contributed by atoms with E-state index in [2.05, 4.69) is 91.9 Å². The highest BCUT2D eigenvalue weighted by molar-refractivity contribution is 14.1. The molecule has 0 radical (unpaired) electrons. The van der Waals surface area contributed by atoms with Crippen LogP contribution < -0.4 is 5.73 Å². The summed E-state index contributed by atoms with van der Waals surface area (Å²) in [6.07, 6.45) is 0.943. The van der Waals surface area contributed by atoms with Crippen LogP contribution in [0.1, 0.15) is 49.8 Å². The highest BCUT2D eigenvalue weighted by Gasteiger charge is 2.18. The summed E-state index contributed by atoms with van der Waals surface area (Å²) in [6.45, 7) is 6.46. The molecule has 20 heavy (non-hydrogen) atoms. The van der Waals surface area contributed by atoms with Crippen LogP contribution in [0.2, 0.25) is 0 Å². The van der Waals surface area contributed by atoms with Gasteiger partial charge in [0.2, 0.25) is 0 Å². The van der Waals surface area contributed by atoms with E-state index in [1.807, 2.05) is 0 Å². The Labute approximate surface area is 135 Å². The second-order valence-corrected chi connectivity index (χ2v) is 6.91. The summed E-state index contributed by atoms with van der Waals surface area (Å²) in [5.74, 6) is 0.409. The van der Waals surface area contributed by atoms with Crippen molar-refractivity contribution < 1.29 is 0 Å². The van der Waals surface area contributed by atoms with Crippen LogP contribution in [-0.4, -0.2) is 0 Å². The Balaban J connectivity index is 2.23. The van der Waals surface area contributed by atoms with E-state index >= 15 is 0 Å². The van der Waals surface area contributed by atoms with Crippen LogP contribution in [0, 0.1) is 3.57 Å². The number of hydrogen-bond acceptors (Lipinski definition) is 1. The zero-order valence-electron chi connectivity index (χ0n) is 12.4. The molecule has 2 N–H and O–H groups in total. The van der Waals surface area contributed by atoms with E-state index in [9.17, 15) is 0 Å². The van der Waals surface area contributed by atoms with E-state index in [1.54, 1.807) is 0 Å². The van der Waals surface area contributed by atoms with E-state index in [-0.39, 0.29) is 5.54 Å². The van der Waals surface area contributed by atoms with Gasteiger partial charge in [0.05, 0.1) is 0 Å². The molecule has 0 saturated heterocycles. The monoisotopic (exact) mass is 379 g/mol. The highest BCUT2D eigenvalue weighted by atomic mass is 127. The molecule has 106 valence electrons. The Hall–Kier alpha value is -0.870. The second-order valence-electron chi connectivity index (χ2n) is 5.67. The van der Waals surface area contributed by atoms with Crippen molar-refractivity contribution in [3.8, 4) is 0 Å². The summed E-state index contributed by atoms with van der Waals surface area (Å²) in [5.41, 5.74) is 9.95. The van der Waals surface area contributed by atoms with E-state index in [0.29, 0.717) is 5.92 Å². The molecule has 0 aliphatic heterocycles. The van der Waals surface area contributed by atoms with Crippen molar-refractivity contribution in [2.45, 2.75) is 38.6 Å². The van der Waals surface area contributed by atoms with Gasteiger partial charge in [-0.1, -0.05) is 50.2 Å². The lowest BCUT2D eigenvalue weighted by atomic mass is 9.87. The maximum atomic E-state index is 6.29. The van der Waals surface area contributed by atoms with Gasteiger partial charge in [-0.25, -0.2) is 0 Å². The topological polar surface area (TPSA) is 26.0 Å². The predicted molar refractivity (Wildman–Crippen MR) is 94.9 cm³/mol. The molecule has 0 aromatic heterocycles. The van der Waals surface area contributed by atoms with Crippen LogP contribution in [0.25, 0.3) is 0 Å². The normalized spacial score (nSPS) is 15.7. The van der Waals surface area contributed by atoms with Gasteiger partial charge in [-0.3, -0.25) is 0 Å². The summed E-state index contributed by atoms with van der Waals surface area (Å²) < 4.78 is 1.27. The number of rotatable bonds is 4. The third-order valence-corrected chi connectivity index (χ3v) is 4.89. The molecule has 0 fully saturated rings. The predicted octanol–water partition coefficient (Wildman–Crippen LogP) is 5.03. The largest absolute Gasteiger partial charge is 0.322 e. The molecule has 2 heteroatoms. The molecule has 0 saturated carbocycles. The van der Waals surface area contributed by atoms with Crippen molar-refractivity contribution in [2.24, 2.45) is 5.73 Å². The Morgan fingerprint density at radius 3 is 1.90 bits per heavy atom. The first-order valence-corrected chi connectivity index (χ1v) is 8.16. The zero-order chi connectivity index (χ0) is 14.8. The van der Waals surface area contributed by atoms with Crippen molar-refractivity contribution >= 4 is 22.6 Å². The minimum Gasteiger partial charge on any atom is -0.322 e. The van der Waals surface area contributed by atoms with Crippen molar-refractivity contribution in [3.05, 3.63) is 68.8 Å². The quantitative estimate of drug-likeness (QED) is 0.742. The molecule has 2 aromatic rings. The maximum Gasteiger partial charge on any atom is 0.0378 e. The van der Waals surface area contributed by atoms with Crippen LogP contribution in [0.3, 0.4) is 0 Å². The Bertz CT molecular complexity index is 555. The molecule has 0 amide bonds. The number of halogens is 1. The minimum atomic E-state index is -0.232. The molecule has 1 nitrogen and oxygen atoms in total. The molecule has 2 rings (SSSR count). The minimum absolute atomic E-state index is 0.232. The maximum absolute atomic E-state index is 6.29. The molecule has 0 aliphatic carbocycles. The first kappa shape index (κ1) is 15.5. The van der Waals surface area contributed by atoms with E-state index in [1.165, 1.54) is 20.3 Å². The van der Waals surface area contributed by atoms with Gasteiger partial charge in [0.15, 0.2) is 0 Å². The first-order valence-electron chi connectivity index (χ1n) is 7.09. The van der Waals surface area contributed by atoms with Gasteiger partial charge in [-0.2, -0.15) is 0 Å². The summed E-state index contributed by atoms with van der Waals surface area (Å²) in [5, 5.41) is 0. The fraction of sp³-hybridized carbons (Fsp3) is 0.333. The highest BCUT2D eigenvalue weighted by Crippen LogP contribution is 2.27. The molecule has 2 atom stereocenters. The lowest BCUT2D eigenvalue weighted by molar-refractivity contribution is 0.476. The summed E-state index contributed by atoms with van der Waals surface area (Å²) in [6, 6.07) is 17.5. The Morgan fingerprint density at radius 2 is 1.45 bits per heavy atom. The van der Waals surface area contributed by atoms with E-state index < -0.39 is 0 Å². The number of benzene rings is 2. The van der Waals surface area contributed by atoms with Gasteiger partial charge in [-0.15, -0.1) is 0 Å². The van der Waals surface area contributed by atoms with Crippen molar-refractivity contribution in [1.82, 2.24) is 0 Å². The molecule has 0 spiro atoms. The third kappa shape index (κ3) is 3.41. The molecule has 2 aromatic carbocycles. The molecule has 2 unspecified atom stereocenters. The van der Waals surface area contributed by atoms with Crippen LogP contribution in [0.5, 0.6) is 0 Å². The third-order valence-electron chi connectivity index (χ3n) is 4.17. The fourth-order valence-corrected chi connectivity index (χ4v) is 2.66. The average Bonchev–Trinajstić information content (AvgIpc) is 2.47. The van der Waals surface area contributed by atoms with Gasteiger partial charge < -0.3 is 5.73 Å². The van der Waals surface area contributed by atoms with Gasteiger partial charge in [0, 0.05) is 15.0 Å². The summed E-state index contributed by atoms with van der Waals surface area (Å²) in [7, 11) is 0. The molecular formula is C18H22IN. The van der Waals surface area contributed by atoms with Gasteiger partial charge in [0.1, 0.15) is 0 Å². The summed E-state index contributed by atoms with van der Waals surface area (Å²) in [4.78, 5) is 0. The van der Waals surface area contributed by atoms with Gasteiger partial charge >= 0.3 is 0 Å². The van der Waals surface area contributed by atoms with Crippen molar-refractivity contribution in [2.75, 3.05) is 0 Å².